The average Bonchev–Trinajstić information content (AvgIpc) is 2.76. The number of carbonyl (C=O) groups is 1. The van der Waals surface area contributed by atoms with Crippen LogP contribution in [0, 0.1) is 6.92 Å². The van der Waals surface area contributed by atoms with Gasteiger partial charge in [0.15, 0.2) is 0 Å². The number of hydrogen-bond acceptors (Lipinski definition) is 2. The number of carboxylic acids is 1. The van der Waals surface area contributed by atoms with Gasteiger partial charge in [-0.25, -0.2) is 4.79 Å². The fraction of sp³-hybridized carbons (Fsp3) is 0.0714. The van der Waals surface area contributed by atoms with Gasteiger partial charge in [-0.3, -0.25) is 0 Å². The van der Waals surface area contributed by atoms with Crippen molar-refractivity contribution in [1.29, 1.82) is 0 Å². The molecule has 2 aromatic rings. The topological polar surface area (TPSA) is 37.3 Å². The van der Waals surface area contributed by atoms with Crippen LogP contribution in [0.3, 0.4) is 0 Å². The molecule has 0 aliphatic heterocycles. The van der Waals surface area contributed by atoms with Crippen LogP contribution in [0.25, 0.3) is 17.2 Å². The van der Waals surface area contributed by atoms with Gasteiger partial charge in [0.1, 0.15) is 0 Å². The van der Waals surface area contributed by atoms with E-state index in [2.05, 4.69) is 31.2 Å². The van der Waals surface area contributed by atoms with Crippen molar-refractivity contribution < 1.29 is 9.90 Å². The summed E-state index contributed by atoms with van der Waals surface area (Å²) in [5, 5.41) is 10.6. The molecule has 86 valence electrons. The van der Waals surface area contributed by atoms with Crippen molar-refractivity contribution in [3.8, 4) is 11.1 Å². The van der Waals surface area contributed by atoms with Crippen molar-refractivity contribution in [2.24, 2.45) is 0 Å². The lowest BCUT2D eigenvalue weighted by Gasteiger charge is -1.97. The Labute approximate surface area is 104 Å². The lowest BCUT2D eigenvalue weighted by Crippen LogP contribution is -1.84. The Bertz CT molecular complexity index is 550. The molecule has 2 nitrogen and oxygen atoms in total. The molecule has 0 saturated carbocycles. The maximum absolute atomic E-state index is 10.4. The molecular formula is C14H12O2S. The number of aliphatic carboxylic acids is 1. The van der Waals surface area contributed by atoms with Gasteiger partial charge in [-0.05, 0) is 35.6 Å². The number of hydrogen-bond donors (Lipinski definition) is 1. The van der Waals surface area contributed by atoms with Crippen molar-refractivity contribution in [1.82, 2.24) is 0 Å². The van der Waals surface area contributed by atoms with Crippen LogP contribution in [0.4, 0.5) is 0 Å². The zero-order valence-electron chi connectivity index (χ0n) is 9.38. The lowest BCUT2D eigenvalue weighted by atomic mass is 10.1. The molecule has 1 N–H and O–H groups in total. The molecule has 0 aliphatic carbocycles. The third kappa shape index (κ3) is 3.04. The molecule has 2 rings (SSSR count). The fourth-order valence-electron chi connectivity index (χ4n) is 1.49. The first-order valence-corrected chi connectivity index (χ1v) is 6.10. The van der Waals surface area contributed by atoms with Gasteiger partial charge in [0.2, 0.25) is 0 Å². The molecule has 0 spiro atoms. The normalized spacial score (nSPS) is 10.9. The van der Waals surface area contributed by atoms with Gasteiger partial charge < -0.3 is 5.11 Å². The Morgan fingerprint density at radius 1 is 1.24 bits per heavy atom. The fourth-order valence-corrected chi connectivity index (χ4v) is 2.30. The van der Waals surface area contributed by atoms with Crippen LogP contribution < -0.4 is 0 Å². The first kappa shape index (κ1) is 11.6. The van der Waals surface area contributed by atoms with Crippen LogP contribution >= 0.6 is 11.3 Å². The van der Waals surface area contributed by atoms with E-state index in [1.54, 1.807) is 17.4 Å². The van der Waals surface area contributed by atoms with Gasteiger partial charge >= 0.3 is 5.97 Å². The van der Waals surface area contributed by atoms with Crippen LogP contribution in [-0.4, -0.2) is 11.1 Å². The maximum atomic E-state index is 10.4. The molecule has 0 saturated heterocycles. The molecule has 17 heavy (non-hydrogen) atoms. The van der Waals surface area contributed by atoms with Crippen LogP contribution in [-0.2, 0) is 4.79 Å². The number of aryl methyl sites for hydroxylation is 1. The molecule has 1 heterocycles. The van der Waals surface area contributed by atoms with E-state index in [1.807, 2.05) is 11.4 Å². The molecule has 3 heteroatoms. The summed E-state index contributed by atoms with van der Waals surface area (Å²) in [4.78, 5) is 11.4. The van der Waals surface area contributed by atoms with Gasteiger partial charge in [0.25, 0.3) is 0 Å². The smallest absolute Gasteiger partial charge is 0.328 e. The Hall–Kier alpha value is -1.87. The number of benzene rings is 1. The molecule has 1 aromatic carbocycles. The molecule has 1 aromatic heterocycles. The predicted octanol–water partition coefficient (Wildman–Crippen LogP) is 3.82. The van der Waals surface area contributed by atoms with E-state index < -0.39 is 5.97 Å². The van der Waals surface area contributed by atoms with E-state index in [4.69, 9.17) is 5.11 Å². The predicted molar refractivity (Wildman–Crippen MR) is 71.2 cm³/mol. The Balaban J connectivity index is 2.23. The highest BCUT2D eigenvalue weighted by Crippen LogP contribution is 2.26. The van der Waals surface area contributed by atoms with E-state index in [9.17, 15) is 4.79 Å². The number of thiophene rings is 1. The van der Waals surface area contributed by atoms with E-state index in [0.717, 1.165) is 22.1 Å². The van der Waals surface area contributed by atoms with Crippen molar-refractivity contribution in [2.75, 3.05) is 0 Å². The molecular weight excluding hydrogens is 232 g/mol. The minimum Gasteiger partial charge on any atom is -0.478 e. The molecule has 0 unspecified atom stereocenters. The first-order chi connectivity index (χ1) is 8.15. The van der Waals surface area contributed by atoms with E-state index in [-0.39, 0.29) is 0 Å². The van der Waals surface area contributed by atoms with Crippen LogP contribution in [0.15, 0.2) is 41.8 Å². The highest BCUT2D eigenvalue weighted by atomic mass is 32.1. The highest BCUT2D eigenvalue weighted by Gasteiger charge is 2.00. The van der Waals surface area contributed by atoms with Gasteiger partial charge in [-0.1, -0.05) is 29.8 Å². The second-order valence-electron chi connectivity index (χ2n) is 3.78. The molecule has 0 radical (unpaired) electrons. The van der Waals surface area contributed by atoms with Crippen LogP contribution in [0.5, 0.6) is 0 Å². The van der Waals surface area contributed by atoms with Crippen molar-refractivity contribution in [2.45, 2.75) is 6.92 Å². The number of rotatable bonds is 3. The molecule has 0 bridgehead atoms. The summed E-state index contributed by atoms with van der Waals surface area (Å²) in [6.45, 7) is 2.05. The van der Waals surface area contributed by atoms with Crippen molar-refractivity contribution in [3.63, 3.8) is 0 Å². The second-order valence-corrected chi connectivity index (χ2v) is 4.72. The Morgan fingerprint density at radius 3 is 2.59 bits per heavy atom. The van der Waals surface area contributed by atoms with Crippen LogP contribution in [0.1, 0.15) is 10.4 Å². The van der Waals surface area contributed by atoms with Crippen LogP contribution in [0.2, 0.25) is 0 Å². The second kappa shape index (κ2) is 4.97. The van der Waals surface area contributed by atoms with Crippen molar-refractivity contribution in [3.05, 3.63) is 52.2 Å². The third-order valence-electron chi connectivity index (χ3n) is 2.39. The summed E-state index contributed by atoms with van der Waals surface area (Å²) >= 11 is 1.54. The van der Waals surface area contributed by atoms with Gasteiger partial charge in [0, 0.05) is 11.0 Å². The average molecular weight is 244 g/mol. The number of carboxylic acid groups (broad SMARTS) is 1. The lowest BCUT2D eigenvalue weighted by molar-refractivity contribution is -0.131. The minimum atomic E-state index is -0.921. The maximum Gasteiger partial charge on any atom is 0.328 e. The monoisotopic (exact) mass is 244 g/mol. The Kier molecular flexibility index (Phi) is 3.40. The molecule has 0 amide bonds. The summed E-state index contributed by atoms with van der Waals surface area (Å²) in [5.41, 5.74) is 3.51. The van der Waals surface area contributed by atoms with E-state index in [1.165, 1.54) is 5.56 Å². The zero-order valence-corrected chi connectivity index (χ0v) is 10.2. The molecule has 0 fully saturated rings. The van der Waals surface area contributed by atoms with E-state index in [0.29, 0.717) is 0 Å². The summed E-state index contributed by atoms with van der Waals surface area (Å²) in [6.07, 6.45) is 2.77. The molecule has 0 atom stereocenters. The largest absolute Gasteiger partial charge is 0.478 e. The van der Waals surface area contributed by atoms with E-state index >= 15 is 0 Å². The van der Waals surface area contributed by atoms with Gasteiger partial charge in [0.05, 0.1) is 0 Å². The molecule has 0 aliphatic rings. The summed E-state index contributed by atoms with van der Waals surface area (Å²) in [7, 11) is 0. The summed E-state index contributed by atoms with van der Waals surface area (Å²) in [5.74, 6) is -0.921. The summed E-state index contributed by atoms with van der Waals surface area (Å²) in [6, 6.07) is 10.3. The standard InChI is InChI=1S/C14H12O2S/c1-10-2-4-11(5-3-10)12-8-13(17-9-12)6-7-14(15)16/h2-9H,1H3,(H,15,16). The highest BCUT2D eigenvalue weighted by molar-refractivity contribution is 7.11. The first-order valence-electron chi connectivity index (χ1n) is 5.22. The van der Waals surface area contributed by atoms with Gasteiger partial charge in [-0.2, -0.15) is 0 Å². The minimum absolute atomic E-state index is 0.921. The quantitative estimate of drug-likeness (QED) is 0.833. The Morgan fingerprint density at radius 2 is 1.94 bits per heavy atom. The SMILES string of the molecule is Cc1ccc(-c2csc(C=CC(=O)O)c2)cc1. The zero-order chi connectivity index (χ0) is 12.3. The van der Waals surface area contributed by atoms with Crippen molar-refractivity contribution >= 4 is 23.4 Å². The summed E-state index contributed by atoms with van der Waals surface area (Å²) < 4.78 is 0. The van der Waals surface area contributed by atoms with Gasteiger partial charge in [-0.15, -0.1) is 11.3 Å². The third-order valence-corrected chi connectivity index (χ3v) is 3.29.